The van der Waals surface area contributed by atoms with Gasteiger partial charge in [0.1, 0.15) is 6.04 Å². The number of anilines is 1. The highest BCUT2D eigenvalue weighted by Crippen LogP contribution is 2.50. The Kier molecular flexibility index (Phi) is 9.22. The molecule has 2 aromatic rings. The number of nitrogens with zero attached hydrogens (tertiary/aromatic N) is 1. The highest BCUT2D eigenvalue weighted by Gasteiger charge is 2.31. The first kappa shape index (κ1) is 29.2. The van der Waals surface area contributed by atoms with Gasteiger partial charge in [0.25, 0.3) is 0 Å². The molecule has 1 saturated heterocycles. The minimum Gasteiger partial charge on any atom is -0.493 e. The number of carbonyl (C=O) groups is 2. The van der Waals surface area contributed by atoms with Crippen LogP contribution in [0, 0.1) is 5.92 Å². The van der Waals surface area contributed by atoms with E-state index in [1.54, 1.807) is 33.5 Å². The monoisotopic (exact) mass is 551 g/mol. The Morgan fingerprint density at radius 2 is 1.73 bits per heavy atom. The van der Waals surface area contributed by atoms with Crippen molar-refractivity contribution in [1.82, 2.24) is 10.2 Å². The molecular weight excluding hydrogens is 510 g/mol. The molecule has 1 aliphatic heterocycles. The van der Waals surface area contributed by atoms with E-state index in [0.717, 1.165) is 42.6 Å². The number of hydrogen-bond acceptors (Lipinski definition) is 7. The number of rotatable bonds is 9. The lowest BCUT2D eigenvalue weighted by Crippen LogP contribution is -2.42. The van der Waals surface area contributed by atoms with Gasteiger partial charge in [-0.3, -0.25) is 14.4 Å². The van der Waals surface area contributed by atoms with Crippen LogP contribution in [0.5, 0.6) is 17.2 Å². The lowest BCUT2D eigenvalue weighted by Gasteiger charge is -2.25. The van der Waals surface area contributed by atoms with Crippen LogP contribution in [-0.4, -0.2) is 57.2 Å². The molecule has 4 rings (SSSR count). The number of carbonyl (C=O) groups excluding carboxylic acids is 2. The zero-order valence-electron chi connectivity index (χ0n) is 24.4. The van der Waals surface area contributed by atoms with Gasteiger partial charge in [-0.2, -0.15) is 0 Å². The first-order valence-electron chi connectivity index (χ1n) is 14.0. The quantitative estimate of drug-likeness (QED) is 0.478. The van der Waals surface area contributed by atoms with Gasteiger partial charge in [-0.15, -0.1) is 0 Å². The summed E-state index contributed by atoms with van der Waals surface area (Å²) in [5, 5.41) is 6.32. The molecule has 1 fully saturated rings. The Balaban J connectivity index is 1.89. The van der Waals surface area contributed by atoms with Crippen molar-refractivity contribution in [3.8, 4) is 28.4 Å². The molecule has 2 aliphatic rings. The second-order valence-corrected chi connectivity index (χ2v) is 11.0. The predicted octanol–water partition coefficient (Wildman–Crippen LogP) is 4.31. The molecule has 2 N–H and O–H groups in total. The summed E-state index contributed by atoms with van der Waals surface area (Å²) < 4.78 is 17.1. The summed E-state index contributed by atoms with van der Waals surface area (Å²) in [5.41, 5.74) is 3.27. The Morgan fingerprint density at radius 3 is 2.33 bits per heavy atom. The van der Waals surface area contributed by atoms with E-state index in [2.05, 4.69) is 24.5 Å². The van der Waals surface area contributed by atoms with E-state index in [0.29, 0.717) is 47.8 Å². The minimum atomic E-state index is -0.509. The third-order valence-electron chi connectivity index (χ3n) is 7.67. The number of likely N-dealkylation sites (tertiary alicyclic amines) is 1. The fraction of sp³-hybridized carbons (Fsp3) is 0.516. The summed E-state index contributed by atoms with van der Waals surface area (Å²) in [6, 6.07) is 6.21. The van der Waals surface area contributed by atoms with Crippen molar-refractivity contribution in [2.24, 2.45) is 5.92 Å². The highest BCUT2D eigenvalue weighted by atomic mass is 16.5. The van der Waals surface area contributed by atoms with Crippen molar-refractivity contribution in [3.63, 3.8) is 0 Å². The van der Waals surface area contributed by atoms with E-state index < -0.39 is 12.1 Å². The number of aryl methyl sites for hydroxylation is 1. The third kappa shape index (κ3) is 6.03. The van der Waals surface area contributed by atoms with Crippen molar-refractivity contribution in [3.05, 3.63) is 45.6 Å². The second kappa shape index (κ2) is 12.6. The first-order valence-corrected chi connectivity index (χ1v) is 14.0. The van der Waals surface area contributed by atoms with Gasteiger partial charge in [0.05, 0.1) is 33.1 Å². The first-order chi connectivity index (χ1) is 19.2. The molecule has 0 bridgehead atoms. The number of methoxy groups -OCH3 is 3. The maximum absolute atomic E-state index is 13.7. The summed E-state index contributed by atoms with van der Waals surface area (Å²) in [4.78, 5) is 41.2. The molecule has 0 spiro atoms. The molecule has 0 aromatic heterocycles. The van der Waals surface area contributed by atoms with E-state index in [9.17, 15) is 14.4 Å². The maximum Gasteiger partial charge on any atom is 0.245 e. The van der Waals surface area contributed by atoms with Gasteiger partial charge in [-0.1, -0.05) is 19.9 Å². The molecule has 1 aliphatic carbocycles. The topological polar surface area (TPSA) is 106 Å². The number of nitrogens with one attached hydrogen (secondary N) is 2. The van der Waals surface area contributed by atoms with Gasteiger partial charge < -0.3 is 29.7 Å². The summed E-state index contributed by atoms with van der Waals surface area (Å²) in [6.07, 6.45) is 3.80. The van der Waals surface area contributed by atoms with Gasteiger partial charge in [-0.25, -0.2) is 0 Å². The molecule has 0 unspecified atom stereocenters. The summed E-state index contributed by atoms with van der Waals surface area (Å²) in [6.45, 7) is 7.10. The lowest BCUT2D eigenvalue weighted by molar-refractivity contribution is -0.131. The third-order valence-corrected chi connectivity index (χ3v) is 7.67. The average Bonchev–Trinajstić information content (AvgIpc) is 3.37. The van der Waals surface area contributed by atoms with E-state index in [1.165, 1.54) is 6.92 Å². The zero-order chi connectivity index (χ0) is 29.0. The number of hydrogen-bond donors (Lipinski definition) is 2. The number of benzene rings is 1. The Bertz CT molecular complexity index is 1320. The van der Waals surface area contributed by atoms with Crippen molar-refractivity contribution < 1.29 is 23.8 Å². The number of ether oxygens (including phenoxy) is 3. The fourth-order valence-corrected chi connectivity index (χ4v) is 5.87. The maximum atomic E-state index is 13.7. The molecule has 1 heterocycles. The molecule has 40 heavy (non-hydrogen) atoms. The number of amides is 2. The van der Waals surface area contributed by atoms with Crippen LogP contribution < -0.4 is 30.3 Å². The van der Waals surface area contributed by atoms with E-state index >= 15 is 0 Å². The van der Waals surface area contributed by atoms with Crippen molar-refractivity contribution in [1.29, 1.82) is 0 Å². The molecule has 216 valence electrons. The standard InChI is InChI=1S/C31H41N3O6/c1-18(2)15-25(31(37)34-13-7-8-14-34)33-24-12-10-21-22(17-26(24)36)23(32-19(3)35)11-9-20-16-27(38-4)29(39-5)30(40-6)28(20)21/h10,12,16-18,23,25H,7-9,11,13-15H2,1-6H3,(H,32,35)(H,33,36)/t23-,25-/m0/s1. The number of fused-ring (bicyclic) bond motifs is 3. The van der Waals surface area contributed by atoms with Crippen LogP contribution in [0.4, 0.5) is 5.69 Å². The minimum absolute atomic E-state index is 0.0265. The Hall–Kier alpha value is -3.75. The van der Waals surface area contributed by atoms with Crippen LogP contribution >= 0.6 is 0 Å². The van der Waals surface area contributed by atoms with Crippen LogP contribution in [0.1, 0.15) is 63.6 Å². The molecule has 2 aromatic carbocycles. The predicted molar refractivity (Wildman–Crippen MR) is 155 cm³/mol. The Morgan fingerprint density at radius 1 is 1.02 bits per heavy atom. The van der Waals surface area contributed by atoms with Gasteiger partial charge in [0.2, 0.25) is 23.0 Å². The van der Waals surface area contributed by atoms with Crippen molar-refractivity contribution in [2.45, 2.75) is 65.0 Å². The van der Waals surface area contributed by atoms with Crippen molar-refractivity contribution in [2.75, 3.05) is 39.7 Å². The van der Waals surface area contributed by atoms with Crippen LogP contribution in [0.2, 0.25) is 0 Å². The molecule has 9 heteroatoms. The molecule has 0 radical (unpaired) electrons. The fourth-order valence-electron chi connectivity index (χ4n) is 5.87. The molecule has 0 saturated carbocycles. The van der Waals surface area contributed by atoms with E-state index in [4.69, 9.17) is 14.2 Å². The van der Waals surface area contributed by atoms with Crippen LogP contribution in [0.3, 0.4) is 0 Å². The van der Waals surface area contributed by atoms with Crippen LogP contribution in [0.25, 0.3) is 11.1 Å². The molecule has 2 atom stereocenters. The van der Waals surface area contributed by atoms with Crippen molar-refractivity contribution >= 4 is 17.5 Å². The van der Waals surface area contributed by atoms with Crippen LogP contribution in [-0.2, 0) is 16.0 Å². The summed E-state index contributed by atoms with van der Waals surface area (Å²) in [7, 11) is 4.70. The highest BCUT2D eigenvalue weighted by molar-refractivity contribution is 5.86. The Labute approximate surface area is 236 Å². The van der Waals surface area contributed by atoms with E-state index in [-0.39, 0.29) is 23.2 Å². The summed E-state index contributed by atoms with van der Waals surface area (Å²) >= 11 is 0. The van der Waals surface area contributed by atoms with E-state index in [1.807, 2.05) is 17.0 Å². The van der Waals surface area contributed by atoms with Gasteiger partial charge in [0, 0.05) is 25.6 Å². The smallest absolute Gasteiger partial charge is 0.245 e. The normalized spacial score (nSPS) is 16.9. The molecule has 2 amide bonds. The second-order valence-electron chi connectivity index (χ2n) is 11.0. The zero-order valence-corrected chi connectivity index (χ0v) is 24.4. The molecule has 9 nitrogen and oxygen atoms in total. The van der Waals surface area contributed by atoms with Crippen LogP contribution in [0.15, 0.2) is 29.1 Å². The SMILES string of the molecule is COc1cc2c(c(OC)c1OC)-c1ccc(N[C@@H](CC(C)C)C(=O)N3CCCC3)c(=O)cc1[C@@H](NC(C)=O)CC2. The van der Waals surface area contributed by atoms with Gasteiger partial charge in [-0.05, 0) is 72.9 Å². The van der Waals surface area contributed by atoms with Gasteiger partial charge >= 0.3 is 0 Å². The summed E-state index contributed by atoms with van der Waals surface area (Å²) in [5.74, 6) is 1.59. The average molecular weight is 552 g/mol. The lowest BCUT2D eigenvalue weighted by atomic mass is 9.95. The van der Waals surface area contributed by atoms with Gasteiger partial charge in [0.15, 0.2) is 11.5 Å². The molecular formula is C31H41N3O6. The largest absolute Gasteiger partial charge is 0.493 e.